The van der Waals surface area contributed by atoms with E-state index in [9.17, 15) is 40.5 Å². The van der Waals surface area contributed by atoms with Crippen molar-refractivity contribution in [2.24, 2.45) is 0 Å². The molecule has 0 atom stereocenters. The van der Waals surface area contributed by atoms with Gasteiger partial charge in [0.2, 0.25) is 0 Å². The van der Waals surface area contributed by atoms with Crippen LogP contribution in [-0.2, 0) is 0 Å². The summed E-state index contributed by atoms with van der Waals surface area (Å²) in [6.45, 7) is 0. The van der Waals surface area contributed by atoms with Crippen molar-refractivity contribution < 1.29 is 19.7 Å². The van der Waals surface area contributed by atoms with E-state index < -0.39 is 42.4 Å². The van der Waals surface area contributed by atoms with Crippen molar-refractivity contribution in [1.29, 1.82) is 0 Å². The Kier molecular flexibility index (Phi) is 3.88. The second kappa shape index (κ2) is 5.92. The van der Waals surface area contributed by atoms with Crippen molar-refractivity contribution in [3.8, 4) is 0 Å². The van der Waals surface area contributed by atoms with Crippen molar-refractivity contribution >= 4 is 45.9 Å². The minimum Gasteiger partial charge on any atom is -0.342 e. The maximum Gasteiger partial charge on any atom is 0.300 e. The molecule has 0 unspecified atom stereocenters. The lowest BCUT2D eigenvalue weighted by atomic mass is 10.2. The minimum atomic E-state index is -0.860. The normalized spacial score (nSPS) is 11.7. The number of hydrogen-bond donors (Lipinski definition) is 1. The number of nitro benzene ring substituents is 4. The fourth-order valence-electron chi connectivity index (χ4n) is 2.33. The Morgan fingerprint density at radius 2 is 1.04 bits per heavy atom. The van der Waals surface area contributed by atoms with Crippen LogP contribution in [0.2, 0.25) is 0 Å². The van der Waals surface area contributed by atoms with Crippen LogP contribution in [0, 0.1) is 40.5 Å². The lowest BCUT2D eigenvalue weighted by Crippen LogP contribution is -2.07. The van der Waals surface area contributed by atoms with Crippen molar-refractivity contribution in [2.45, 2.75) is 9.79 Å². The largest absolute Gasteiger partial charge is 0.342 e. The van der Waals surface area contributed by atoms with Gasteiger partial charge in [0.1, 0.15) is 11.4 Å². The maximum atomic E-state index is 11.2. The van der Waals surface area contributed by atoms with Crippen LogP contribution in [0.1, 0.15) is 0 Å². The molecular formula is C12H5N5O8S. The first-order valence-electron chi connectivity index (χ1n) is 6.57. The molecule has 1 heterocycles. The predicted molar refractivity (Wildman–Crippen MR) is 86.9 cm³/mol. The first-order valence-corrected chi connectivity index (χ1v) is 7.39. The van der Waals surface area contributed by atoms with Crippen LogP contribution in [0.25, 0.3) is 0 Å². The number of nitrogens with one attached hydrogen (secondary N) is 1. The standard InChI is InChI=1S/C12H5N5O8S/c18-14(19)5-1-7(16(22)23)11-9(3-5)26-10-4-6(15(20)21)2-8(17(24)25)12(10)13-11/h1-4,13H. The van der Waals surface area contributed by atoms with E-state index in [4.69, 9.17) is 0 Å². The van der Waals surface area contributed by atoms with E-state index in [2.05, 4.69) is 5.32 Å². The predicted octanol–water partition coefficient (Wildman–Crippen LogP) is 3.53. The van der Waals surface area contributed by atoms with Gasteiger partial charge in [0, 0.05) is 21.9 Å². The van der Waals surface area contributed by atoms with Gasteiger partial charge in [-0.3, -0.25) is 40.5 Å². The molecule has 1 aliphatic heterocycles. The van der Waals surface area contributed by atoms with E-state index in [1.54, 1.807) is 0 Å². The van der Waals surface area contributed by atoms with E-state index in [1.165, 1.54) is 0 Å². The third kappa shape index (κ3) is 2.73. The van der Waals surface area contributed by atoms with Crippen LogP contribution in [0.3, 0.4) is 0 Å². The average molecular weight is 379 g/mol. The molecule has 3 rings (SSSR count). The molecular weight excluding hydrogens is 374 g/mol. The van der Waals surface area contributed by atoms with Gasteiger partial charge in [0.25, 0.3) is 11.4 Å². The molecule has 0 bridgehead atoms. The molecule has 13 nitrogen and oxygen atoms in total. The number of rotatable bonds is 4. The number of non-ortho nitro benzene ring substituents is 2. The zero-order valence-corrected chi connectivity index (χ0v) is 13.1. The topological polar surface area (TPSA) is 185 Å². The summed E-state index contributed by atoms with van der Waals surface area (Å²) in [5, 5.41) is 46.9. The third-order valence-corrected chi connectivity index (χ3v) is 4.50. The highest BCUT2D eigenvalue weighted by Crippen LogP contribution is 2.52. The fraction of sp³-hybridized carbons (Fsp3) is 0. The summed E-state index contributed by atoms with van der Waals surface area (Å²) in [4.78, 5) is 41.1. The number of hydrogen-bond acceptors (Lipinski definition) is 10. The van der Waals surface area contributed by atoms with Gasteiger partial charge in [0.05, 0.1) is 31.8 Å². The van der Waals surface area contributed by atoms with E-state index in [1.807, 2.05) is 0 Å². The van der Waals surface area contributed by atoms with Gasteiger partial charge in [-0.2, -0.15) is 0 Å². The van der Waals surface area contributed by atoms with Crippen LogP contribution in [0.15, 0.2) is 34.1 Å². The summed E-state index contributed by atoms with van der Waals surface area (Å²) in [5.41, 5.74) is -2.69. The van der Waals surface area contributed by atoms with Gasteiger partial charge in [-0.1, -0.05) is 11.8 Å². The van der Waals surface area contributed by atoms with Gasteiger partial charge in [0.15, 0.2) is 0 Å². The van der Waals surface area contributed by atoms with Gasteiger partial charge in [-0.25, -0.2) is 0 Å². The highest BCUT2D eigenvalue weighted by molar-refractivity contribution is 7.99. The molecule has 0 spiro atoms. The van der Waals surface area contributed by atoms with E-state index in [0.29, 0.717) is 0 Å². The Hall–Kier alpha value is -3.81. The first-order chi connectivity index (χ1) is 12.2. The van der Waals surface area contributed by atoms with Crippen LogP contribution in [0.4, 0.5) is 34.1 Å². The molecule has 0 aliphatic carbocycles. The smallest absolute Gasteiger partial charge is 0.300 e. The molecule has 0 fully saturated rings. The van der Waals surface area contributed by atoms with Crippen molar-refractivity contribution in [2.75, 3.05) is 5.32 Å². The quantitative estimate of drug-likeness (QED) is 0.519. The van der Waals surface area contributed by atoms with E-state index >= 15 is 0 Å². The summed E-state index contributed by atoms with van der Waals surface area (Å²) in [7, 11) is 0. The number of benzene rings is 2. The number of anilines is 2. The summed E-state index contributed by atoms with van der Waals surface area (Å²) in [5.74, 6) is 0. The summed E-state index contributed by atoms with van der Waals surface area (Å²) < 4.78 is 0. The second-order valence-corrected chi connectivity index (χ2v) is 6.02. The second-order valence-electron chi connectivity index (χ2n) is 4.93. The van der Waals surface area contributed by atoms with Crippen LogP contribution >= 0.6 is 11.8 Å². The van der Waals surface area contributed by atoms with Gasteiger partial charge >= 0.3 is 11.4 Å². The van der Waals surface area contributed by atoms with E-state index in [0.717, 1.165) is 36.0 Å². The highest BCUT2D eigenvalue weighted by atomic mass is 32.2. The zero-order chi connectivity index (χ0) is 19.2. The van der Waals surface area contributed by atoms with Crippen LogP contribution < -0.4 is 5.32 Å². The SMILES string of the molecule is O=[N+]([O-])c1cc2c(c([N+](=O)[O-])c1)Nc1c(cc([N+](=O)[O-])cc1[N+](=O)[O-])S2. The molecule has 2 aromatic rings. The molecule has 0 amide bonds. The van der Waals surface area contributed by atoms with Gasteiger partial charge < -0.3 is 5.32 Å². The summed E-state index contributed by atoms with van der Waals surface area (Å²) in [6, 6.07) is 3.56. The Morgan fingerprint density at radius 1 is 0.654 bits per heavy atom. The van der Waals surface area contributed by atoms with Crippen molar-refractivity contribution in [3.05, 3.63) is 64.7 Å². The van der Waals surface area contributed by atoms with Gasteiger partial charge in [-0.05, 0) is 0 Å². The number of nitro groups is 4. The molecule has 0 aromatic heterocycles. The minimum absolute atomic E-state index is 0.0493. The number of fused-ring (bicyclic) bond motifs is 2. The molecule has 2 aromatic carbocycles. The lowest BCUT2D eigenvalue weighted by Gasteiger charge is -2.20. The number of nitrogens with zero attached hydrogens (tertiary/aromatic N) is 4. The first kappa shape index (κ1) is 17.0. The van der Waals surface area contributed by atoms with Gasteiger partial charge in [-0.15, -0.1) is 0 Å². The Labute approximate surface area is 146 Å². The summed E-state index contributed by atoms with van der Waals surface area (Å²) in [6.07, 6.45) is 0. The molecule has 0 radical (unpaired) electrons. The molecule has 14 heteroatoms. The average Bonchev–Trinajstić information content (AvgIpc) is 2.57. The van der Waals surface area contributed by atoms with E-state index in [-0.39, 0.29) is 21.2 Å². The third-order valence-electron chi connectivity index (χ3n) is 3.42. The molecule has 26 heavy (non-hydrogen) atoms. The Morgan fingerprint density at radius 3 is 1.35 bits per heavy atom. The molecule has 1 N–H and O–H groups in total. The highest BCUT2D eigenvalue weighted by Gasteiger charge is 2.34. The molecule has 0 saturated heterocycles. The van der Waals surface area contributed by atoms with Crippen molar-refractivity contribution in [1.82, 2.24) is 0 Å². The van der Waals surface area contributed by atoms with Crippen LogP contribution in [-0.4, -0.2) is 19.7 Å². The molecule has 0 saturated carbocycles. The van der Waals surface area contributed by atoms with Crippen molar-refractivity contribution in [3.63, 3.8) is 0 Å². The monoisotopic (exact) mass is 379 g/mol. The Bertz CT molecular complexity index is 944. The molecule has 132 valence electrons. The zero-order valence-electron chi connectivity index (χ0n) is 12.3. The van der Waals surface area contributed by atoms with Crippen LogP contribution in [0.5, 0.6) is 0 Å². The summed E-state index contributed by atoms with van der Waals surface area (Å²) >= 11 is 0.729. The Balaban J connectivity index is 2.25. The fourth-order valence-corrected chi connectivity index (χ4v) is 3.44. The lowest BCUT2D eigenvalue weighted by molar-refractivity contribution is -0.394. The maximum absolute atomic E-state index is 11.2. The molecule has 1 aliphatic rings.